The van der Waals surface area contributed by atoms with Gasteiger partial charge in [0.15, 0.2) is 5.16 Å². The van der Waals surface area contributed by atoms with E-state index < -0.39 is 0 Å². The van der Waals surface area contributed by atoms with Crippen molar-refractivity contribution in [3.63, 3.8) is 0 Å². The molecule has 0 radical (unpaired) electrons. The van der Waals surface area contributed by atoms with E-state index in [0.717, 1.165) is 16.8 Å². The van der Waals surface area contributed by atoms with E-state index in [1.54, 1.807) is 18.2 Å². The van der Waals surface area contributed by atoms with E-state index in [-0.39, 0.29) is 17.6 Å². The van der Waals surface area contributed by atoms with Gasteiger partial charge in [0.25, 0.3) is 5.91 Å². The van der Waals surface area contributed by atoms with Crippen molar-refractivity contribution in [3.05, 3.63) is 81.6 Å². The lowest BCUT2D eigenvalue weighted by atomic mass is 10.1. The summed E-state index contributed by atoms with van der Waals surface area (Å²) in [6, 6.07) is 10.5. The van der Waals surface area contributed by atoms with Gasteiger partial charge in [0.2, 0.25) is 5.91 Å². The van der Waals surface area contributed by atoms with Crippen molar-refractivity contribution >= 4 is 52.5 Å². The molecular formula is C24H25Cl2N5O2S. The lowest BCUT2D eigenvalue weighted by molar-refractivity contribution is -0.113. The normalized spacial score (nSPS) is 10.7. The van der Waals surface area contributed by atoms with Crippen LogP contribution in [0.15, 0.2) is 54.2 Å². The minimum Gasteiger partial charge on any atom is -0.352 e. The van der Waals surface area contributed by atoms with Crippen molar-refractivity contribution < 1.29 is 9.59 Å². The molecule has 7 nitrogen and oxygen atoms in total. The Morgan fingerprint density at radius 2 is 1.94 bits per heavy atom. The number of carbonyl (C=O) groups is 2. The Balaban J connectivity index is 1.57. The van der Waals surface area contributed by atoms with Crippen molar-refractivity contribution in [1.82, 2.24) is 20.1 Å². The second-order valence-corrected chi connectivity index (χ2v) is 9.27. The van der Waals surface area contributed by atoms with Gasteiger partial charge in [-0.1, -0.05) is 53.2 Å². The van der Waals surface area contributed by atoms with E-state index in [0.29, 0.717) is 46.1 Å². The summed E-state index contributed by atoms with van der Waals surface area (Å²) >= 11 is 13.2. The summed E-state index contributed by atoms with van der Waals surface area (Å²) in [7, 11) is 0. The number of hydrogen-bond acceptors (Lipinski definition) is 5. The van der Waals surface area contributed by atoms with E-state index in [1.165, 1.54) is 17.8 Å². The molecule has 3 aromatic rings. The lowest BCUT2D eigenvalue weighted by Crippen LogP contribution is -2.26. The molecular weight excluding hydrogens is 493 g/mol. The second kappa shape index (κ2) is 12.1. The summed E-state index contributed by atoms with van der Waals surface area (Å²) in [6.07, 6.45) is 2.20. The summed E-state index contributed by atoms with van der Waals surface area (Å²) in [5.74, 6) is 0.497. The molecule has 1 aromatic heterocycles. The van der Waals surface area contributed by atoms with Crippen LogP contribution in [0.25, 0.3) is 0 Å². The van der Waals surface area contributed by atoms with Crippen LogP contribution in [-0.4, -0.2) is 38.9 Å². The zero-order valence-corrected chi connectivity index (χ0v) is 21.2. The van der Waals surface area contributed by atoms with Crippen molar-refractivity contribution in [2.45, 2.75) is 32.0 Å². The number of carbonyl (C=O) groups excluding carboxylic acids is 2. The van der Waals surface area contributed by atoms with Crippen LogP contribution in [0.4, 0.5) is 5.69 Å². The van der Waals surface area contributed by atoms with Crippen LogP contribution in [0, 0.1) is 13.8 Å². The van der Waals surface area contributed by atoms with Crippen LogP contribution in [0.1, 0.15) is 27.3 Å². The fourth-order valence-corrected chi connectivity index (χ4v) is 4.22. The van der Waals surface area contributed by atoms with E-state index >= 15 is 0 Å². The number of aromatic nitrogens is 3. The topological polar surface area (TPSA) is 88.9 Å². The van der Waals surface area contributed by atoms with Crippen LogP contribution in [0.3, 0.4) is 0 Å². The maximum absolute atomic E-state index is 12.5. The molecule has 0 saturated carbocycles. The lowest BCUT2D eigenvalue weighted by Gasteiger charge is -2.11. The maximum atomic E-state index is 12.5. The summed E-state index contributed by atoms with van der Waals surface area (Å²) in [4.78, 5) is 24.8. The van der Waals surface area contributed by atoms with Gasteiger partial charge in [0.1, 0.15) is 5.82 Å². The smallest absolute Gasteiger partial charge is 0.251 e. The first kappa shape index (κ1) is 25.8. The first-order valence-corrected chi connectivity index (χ1v) is 12.3. The van der Waals surface area contributed by atoms with Crippen LogP contribution in [-0.2, 0) is 17.8 Å². The molecule has 0 atom stereocenters. The number of amides is 2. The van der Waals surface area contributed by atoms with Gasteiger partial charge in [0.05, 0.1) is 15.8 Å². The third-order valence-electron chi connectivity index (χ3n) is 5.13. The van der Waals surface area contributed by atoms with Gasteiger partial charge in [-0.3, -0.25) is 9.59 Å². The highest BCUT2D eigenvalue weighted by Crippen LogP contribution is 2.23. The Kier molecular flexibility index (Phi) is 9.15. The molecule has 34 heavy (non-hydrogen) atoms. The number of thioether (sulfide) groups is 1. The predicted molar refractivity (Wildman–Crippen MR) is 138 cm³/mol. The van der Waals surface area contributed by atoms with E-state index in [9.17, 15) is 9.59 Å². The third-order valence-corrected chi connectivity index (χ3v) is 6.84. The number of allylic oxidation sites excluding steroid dienone is 1. The highest BCUT2D eigenvalue weighted by Gasteiger charge is 2.15. The Bertz CT molecular complexity index is 1210. The fraction of sp³-hybridized carbons (Fsp3) is 0.250. The number of nitrogens with zero attached hydrogens (tertiary/aromatic N) is 3. The van der Waals surface area contributed by atoms with E-state index in [1.807, 2.05) is 36.6 Å². The van der Waals surface area contributed by atoms with Gasteiger partial charge in [0, 0.05) is 30.8 Å². The van der Waals surface area contributed by atoms with Gasteiger partial charge in [-0.25, -0.2) is 0 Å². The molecule has 0 fully saturated rings. The number of halogens is 2. The van der Waals surface area contributed by atoms with Crippen molar-refractivity contribution in [2.75, 3.05) is 17.6 Å². The fourth-order valence-electron chi connectivity index (χ4n) is 3.15. The summed E-state index contributed by atoms with van der Waals surface area (Å²) in [6.45, 7) is 8.62. The average molecular weight is 518 g/mol. The molecule has 0 saturated heterocycles. The van der Waals surface area contributed by atoms with Gasteiger partial charge in [-0.05, 0) is 49.2 Å². The molecule has 2 aromatic carbocycles. The Morgan fingerprint density at radius 3 is 2.68 bits per heavy atom. The minimum absolute atomic E-state index is 0.123. The Labute approximate surface area is 212 Å². The SMILES string of the molecule is C=CCn1c(CCNC(=O)c2ccc(Cl)c(Cl)c2)nnc1SCC(=O)Nc1cccc(C)c1C. The second-order valence-electron chi connectivity index (χ2n) is 7.52. The molecule has 0 bridgehead atoms. The highest BCUT2D eigenvalue weighted by molar-refractivity contribution is 7.99. The molecule has 2 amide bonds. The molecule has 178 valence electrons. The van der Waals surface area contributed by atoms with Gasteiger partial charge in [-0.2, -0.15) is 0 Å². The molecule has 2 N–H and O–H groups in total. The van der Waals surface area contributed by atoms with E-state index in [4.69, 9.17) is 23.2 Å². The maximum Gasteiger partial charge on any atom is 0.251 e. The number of aryl methyl sites for hydroxylation is 1. The minimum atomic E-state index is -0.258. The van der Waals surface area contributed by atoms with Crippen molar-refractivity contribution in [2.24, 2.45) is 0 Å². The third kappa shape index (κ3) is 6.62. The van der Waals surface area contributed by atoms with Gasteiger partial charge in [-0.15, -0.1) is 16.8 Å². The average Bonchev–Trinajstić information content (AvgIpc) is 3.19. The molecule has 0 aliphatic carbocycles. The molecule has 0 spiro atoms. The van der Waals surface area contributed by atoms with Crippen molar-refractivity contribution in [3.8, 4) is 0 Å². The summed E-state index contributed by atoms with van der Waals surface area (Å²) in [5, 5.41) is 15.6. The largest absolute Gasteiger partial charge is 0.352 e. The van der Waals surface area contributed by atoms with Crippen LogP contribution in [0.5, 0.6) is 0 Å². The highest BCUT2D eigenvalue weighted by atomic mass is 35.5. The van der Waals surface area contributed by atoms with Crippen LogP contribution in [0.2, 0.25) is 10.0 Å². The van der Waals surface area contributed by atoms with Gasteiger partial charge >= 0.3 is 0 Å². The first-order valence-electron chi connectivity index (χ1n) is 10.5. The monoisotopic (exact) mass is 517 g/mol. The zero-order chi connectivity index (χ0) is 24.7. The van der Waals surface area contributed by atoms with E-state index in [2.05, 4.69) is 27.4 Å². The Hall–Kier alpha value is -2.81. The number of anilines is 1. The summed E-state index contributed by atoms with van der Waals surface area (Å²) in [5.41, 5.74) is 3.39. The zero-order valence-electron chi connectivity index (χ0n) is 18.9. The number of rotatable bonds is 10. The standard InChI is InChI=1S/C24H25Cl2N5O2S/c1-4-12-31-21(10-11-27-23(33)17-8-9-18(25)19(26)13-17)29-30-24(31)34-14-22(32)28-20-7-5-6-15(2)16(20)3/h4-9,13H,1,10-12,14H2,2-3H3,(H,27,33)(H,28,32). The van der Waals surface area contributed by atoms with Crippen molar-refractivity contribution in [1.29, 1.82) is 0 Å². The molecule has 3 rings (SSSR count). The number of nitrogens with one attached hydrogen (secondary N) is 2. The summed E-state index contributed by atoms with van der Waals surface area (Å²) < 4.78 is 1.88. The first-order chi connectivity index (χ1) is 16.3. The molecule has 0 unspecified atom stereocenters. The molecule has 1 heterocycles. The molecule has 0 aliphatic heterocycles. The predicted octanol–water partition coefficient (Wildman–Crippen LogP) is 5.09. The van der Waals surface area contributed by atoms with Crippen LogP contribution < -0.4 is 10.6 Å². The quantitative estimate of drug-likeness (QED) is 0.288. The number of benzene rings is 2. The number of hydrogen-bond donors (Lipinski definition) is 2. The molecule has 10 heteroatoms. The van der Waals surface area contributed by atoms with Gasteiger partial charge < -0.3 is 15.2 Å². The Morgan fingerprint density at radius 1 is 1.15 bits per heavy atom. The molecule has 0 aliphatic rings. The van der Waals surface area contributed by atoms with Crippen LogP contribution >= 0.6 is 35.0 Å².